The van der Waals surface area contributed by atoms with E-state index in [2.05, 4.69) is 5.10 Å². The molecule has 1 saturated carbocycles. The van der Waals surface area contributed by atoms with Gasteiger partial charge in [-0.05, 0) is 24.8 Å². The van der Waals surface area contributed by atoms with Gasteiger partial charge in [0.1, 0.15) is 6.04 Å². The van der Waals surface area contributed by atoms with Gasteiger partial charge in [0.25, 0.3) is 0 Å². The van der Waals surface area contributed by atoms with Crippen LogP contribution in [0.2, 0.25) is 0 Å². The summed E-state index contributed by atoms with van der Waals surface area (Å²) in [6, 6.07) is 0.713. The van der Waals surface area contributed by atoms with Crippen LogP contribution in [0, 0.1) is 5.92 Å². The maximum absolute atomic E-state index is 10.8. The summed E-state index contributed by atoms with van der Waals surface area (Å²) in [4.78, 5) is 10.8. The number of nitrogens with two attached hydrogens (primary N) is 1. The van der Waals surface area contributed by atoms with Crippen molar-refractivity contribution in [2.75, 3.05) is 0 Å². The van der Waals surface area contributed by atoms with Crippen LogP contribution in [0.15, 0.2) is 12.3 Å². The molecule has 0 saturated heterocycles. The van der Waals surface area contributed by atoms with Crippen molar-refractivity contribution in [1.29, 1.82) is 0 Å². The van der Waals surface area contributed by atoms with E-state index in [0.29, 0.717) is 11.6 Å². The fourth-order valence-corrected chi connectivity index (χ4v) is 1.81. The second kappa shape index (κ2) is 4.02. The van der Waals surface area contributed by atoms with Crippen molar-refractivity contribution in [3.05, 3.63) is 18.0 Å². The predicted octanol–water partition coefficient (Wildman–Crippen LogP) is 0.768. The summed E-state index contributed by atoms with van der Waals surface area (Å²) in [6.07, 6.45) is 5.30. The van der Waals surface area contributed by atoms with E-state index in [1.54, 1.807) is 16.9 Å². The maximum Gasteiger partial charge on any atom is 0.326 e. The Morgan fingerprint density at radius 3 is 3.00 bits per heavy atom. The number of aliphatic carboxylic acids is 1. The number of aromatic nitrogens is 2. The lowest BCUT2D eigenvalue weighted by Gasteiger charge is -2.26. The van der Waals surface area contributed by atoms with Crippen molar-refractivity contribution in [3.63, 3.8) is 0 Å². The quantitative estimate of drug-likeness (QED) is 0.767. The summed E-state index contributed by atoms with van der Waals surface area (Å²) in [6.45, 7) is 0.795. The fraction of sp³-hybridized carbons (Fsp3) is 0.600. The highest BCUT2D eigenvalue weighted by atomic mass is 16.4. The Labute approximate surface area is 87.9 Å². The zero-order chi connectivity index (χ0) is 10.8. The van der Waals surface area contributed by atoms with Crippen molar-refractivity contribution >= 4 is 5.97 Å². The molecule has 1 atom stereocenters. The number of carboxylic acid groups (broad SMARTS) is 1. The maximum atomic E-state index is 10.8. The minimum absolute atomic E-state index is 0.592. The van der Waals surface area contributed by atoms with Gasteiger partial charge in [-0.1, -0.05) is 6.42 Å². The molecule has 3 N–H and O–H groups in total. The van der Waals surface area contributed by atoms with Crippen molar-refractivity contribution in [1.82, 2.24) is 9.78 Å². The molecule has 82 valence electrons. The molecule has 1 fully saturated rings. The van der Waals surface area contributed by atoms with Crippen molar-refractivity contribution in [2.45, 2.75) is 31.8 Å². The van der Waals surface area contributed by atoms with Crippen LogP contribution in [0.4, 0.5) is 0 Å². The highest BCUT2D eigenvalue weighted by molar-refractivity contribution is 5.74. The van der Waals surface area contributed by atoms with Crippen molar-refractivity contribution in [3.8, 4) is 0 Å². The van der Waals surface area contributed by atoms with E-state index < -0.39 is 12.0 Å². The zero-order valence-electron chi connectivity index (χ0n) is 8.47. The minimum Gasteiger partial charge on any atom is -0.480 e. The first-order valence-corrected chi connectivity index (χ1v) is 5.18. The van der Waals surface area contributed by atoms with Crippen LogP contribution in [0.1, 0.15) is 31.0 Å². The second-order valence-electron chi connectivity index (χ2n) is 4.05. The highest BCUT2D eigenvalue weighted by Gasteiger charge is 2.23. The zero-order valence-corrected chi connectivity index (χ0v) is 8.47. The summed E-state index contributed by atoms with van der Waals surface area (Å²) in [5.41, 5.74) is 6.15. The largest absolute Gasteiger partial charge is 0.480 e. The molecule has 1 heterocycles. The third kappa shape index (κ3) is 2.02. The predicted molar refractivity (Wildman–Crippen MR) is 54.1 cm³/mol. The van der Waals surface area contributed by atoms with E-state index in [-0.39, 0.29) is 0 Å². The lowest BCUT2D eigenvalue weighted by Crippen LogP contribution is -2.27. The molecule has 1 unspecified atom stereocenters. The van der Waals surface area contributed by atoms with Gasteiger partial charge < -0.3 is 10.8 Å². The normalized spacial score (nSPS) is 18.5. The summed E-state index contributed by atoms with van der Waals surface area (Å²) < 4.78 is 1.72. The molecule has 0 amide bonds. The summed E-state index contributed by atoms with van der Waals surface area (Å²) in [7, 11) is 0. The Kier molecular flexibility index (Phi) is 2.73. The Hall–Kier alpha value is -1.36. The molecular formula is C10H15N3O2. The molecule has 1 aromatic rings. The molecule has 0 aliphatic heterocycles. The van der Waals surface area contributed by atoms with Crippen LogP contribution in [-0.2, 0) is 11.3 Å². The van der Waals surface area contributed by atoms with Crippen LogP contribution in [0.3, 0.4) is 0 Å². The molecule has 0 spiro atoms. The second-order valence-corrected chi connectivity index (χ2v) is 4.05. The van der Waals surface area contributed by atoms with Gasteiger partial charge in [-0.25, -0.2) is 0 Å². The third-order valence-corrected chi connectivity index (χ3v) is 2.99. The van der Waals surface area contributed by atoms with Crippen LogP contribution < -0.4 is 5.73 Å². The standard InChI is InChI=1S/C10H15N3O2/c11-9(10(14)15)8-4-5-12-13(8)6-7-2-1-3-7/h4-5,7,9H,1-3,6,11H2,(H,14,15). The summed E-state index contributed by atoms with van der Waals surface area (Å²) >= 11 is 0. The number of hydrogen-bond acceptors (Lipinski definition) is 3. The van der Waals surface area contributed by atoms with Crippen molar-refractivity contribution in [2.24, 2.45) is 11.7 Å². The Bertz CT molecular complexity index is 357. The molecule has 15 heavy (non-hydrogen) atoms. The lowest BCUT2D eigenvalue weighted by molar-refractivity contribution is -0.138. The van der Waals surface area contributed by atoms with E-state index in [0.717, 1.165) is 6.54 Å². The molecule has 0 aromatic carbocycles. The third-order valence-electron chi connectivity index (χ3n) is 2.99. The van der Waals surface area contributed by atoms with Gasteiger partial charge in [-0.3, -0.25) is 9.48 Å². The first-order chi connectivity index (χ1) is 7.18. The first-order valence-electron chi connectivity index (χ1n) is 5.18. The average Bonchev–Trinajstić information content (AvgIpc) is 2.57. The molecule has 5 heteroatoms. The smallest absolute Gasteiger partial charge is 0.326 e. The van der Waals surface area contributed by atoms with Crippen molar-refractivity contribution < 1.29 is 9.90 Å². The number of carboxylic acids is 1. The van der Waals surface area contributed by atoms with Gasteiger partial charge in [0, 0.05) is 12.7 Å². The van der Waals surface area contributed by atoms with E-state index >= 15 is 0 Å². The molecular weight excluding hydrogens is 194 g/mol. The molecule has 1 aromatic heterocycles. The van der Waals surface area contributed by atoms with E-state index in [1.165, 1.54) is 19.3 Å². The first kappa shape index (κ1) is 10.2. The van der Waals surface area contributed by atoms with E-state index in [1.807, 2.05) is 0 Å². The summed E-state index contributed by atoms with van der Waals surface area (Å²) in [5, 5.41) is 12.9. The highest BCUT2D eigenvalue weighted by Crippen LogP contribution is 2.28. The molecule has 1 aliphatic rings. The van der Waals surface area contributed by atoms with E-state index in [4.69, 9.17) is 10.8 Å². The Morgan fingerprint density at radius 2 is 2.47 bits per heavy atom. The van der Waals surface area contributed by atoms with Gasteiger partial charge in [-0.15, -0.1) is 0 Å². The SMILES string of the molecule is NC(C(=O)O)c1ccnn1CC1CCC1. The van der Waals surface area contributed by atoms with Gasteiger partial charge in [0.2, 0.25) is 0 Å². The fourth-order valence-electron chi connectivity index (χ4n) is 1.81. The average molecular weight is 209 g/mol. The van der Waals surface area contributed by atoms with Crippen LogP contribution in [-0.4, -0.2) is 20.9 Å². The molecule has 0 bridgehead atoms. The monoisotopic (exact) mass is 209 g/mol. The van der Waals surface area contributed by atoms with Gasteiger partial charge in [0.05, 0.1) is 5.69 Å². The molecule has 1 aliphatic carbocycles. The summed E-state index contributed by atoms with van der Waals surface area (Å²) in [5.74, 6) is -0.366. The van der Waals surface area contributed by atoms with Crippen LogP contribution in [0.25, 0.3) is 0 Å². The number of carbonyl (C=O) groups is 1. The number of hydrogen-bond donors (Lipinski definition) is 2. The topological polar surface area (TPSA) is 81.1 Å². The van der Waals surface area contributed by atoms with Crippen LogP contribution >= 0.6 is 0 Å². The number of rotatable bonds is 4. The van der Waals surface area contributed by atoms with Crippen LogP contribution in [0.5, 0.6) is 0 Å². The lowest BCUT2D eigenvalue weighted by atomic mass is 9.85. The Balaban J connectivity index is 2.10. The van der Waals surface area contributed by atoms with Gasteiger partial charge >= 0.3 is 5.97 Å². The van der Waals surface area contributed by atoms with Gasteiger partial charge in [0.15, 0.2) is 0 Å². The van der Waals surface area contributed by atoms with E-state index in [9.17, 15) is 4.79 Å². The molecule has 5 nitrogen and oxygen atoms in total. The minimum atomic E-state index is -1.01. The number of nitrogens with zero attached hydrogens (tertiary/aromatic N) is 2. The molecule has 0 radical (unpaired) electrons. The van der Waals surface area contributed by atoms with Gasteiger partial charge in [-0.2, -0.15) is 5.10 Å². The Morgan fingerprint density at radius 1 is 1.73 bits per heavy atom. The molecule has 2 rings (SSSR count).